The smallest absolute Gasteiger partial charge is 0.265 e. The minimum atomic E-state index is -0.769. The molecular weight excluding hydrogens is 387 g/mol. The fourth-order valence-corrected chi connectivity index (χ4v) is 2.72. The molecule has 0 aliphatic carbocycles. The summed E-state index contributed by atoms with van der Waals surface area (Å²) in [5, 5.41) is 6.43. The molecule has 2 aromatic rings. The normalized spacial score (nSPS) is 11.8. The van der Waals surface area contributed by atoms with Crippen molar-refractivity contribution in [1.29, 1.82) is 0 Å². The van der Waals surface area contributed by atoms with Crippen LogP contribution in [0.15, 0.2) is 36.4 Å². The van der Waals surface area contributed by atoms with Crippen LogP contribution in [0.25, 0.3) is 0 Å². The van der Waals surface area contributed by atoms with E-state index in [0.29, 0.717) is 27.0 Å². The van der Waals surface area contributed by atoms with Crippen LogP contribution in [0, 0.1) is 6.92 Å². The Hall–Kier alpha value is -2.24. The maximum Gasteiger partial charge on any atom is 0.265 e. The van der Waals surface area contributed by atoms with E-state index in [4.69, 9.17) is 27.9 Å². The number of benzene rings is 2. The molecule has 0 aliphatic rings. The molecule has 2 N–H and O–H groups in total. The molecule has 1 unspecified atom stereocenters. The topological polar surface area (TPSA) is 67.4 Å². The van der Waals surface area contributed by atoms with Crippen LogP contribution in [0.5, 0.6) is 5.75 Å². The molecule has 0 heterocycles. The van der Waals surface area contributed by atoms with Crippen LogP contribution in [-0.2, 0) is 4.79 Å². The molecule has 0 aliphatic heterocycles. The van der Waals surface area contributed by atoms with Gasteiger partial charge >= 0.3 is 0 Å². The third-order valence-electron chi connectivity index (χ3n) is 3.72. The van der Waals surface area contributed by atoms with E-state index in [0.717, 1.165) is 5.56 Å². The molecule has 27 heavy (non-hydrogen) atoms. The van der Waals surface area contributed by atoms with Crippen molar-refractivity contribution in [1.82, 2.24) is 5.32 Å². The number of carbonyl (C=O) groups excluding carboxylic acids is 2. The van der Waals surface area contributed by atoms with Gasteiger partial charge in [-0.25, -0.2) is 0 Å². The summed E-state index contributed by atoms with van der Waals surface area (Å²) in [6, 6.07) is 9.89. The van der Waals surface area contributed by atoms with Crippen LogP contribution in [0.4, 0.5) is 5.69 Å². The van der Waals surface area contributed by atoms with Gasteiger partial charge < -0.3 is 15.4 Å². The first kappa shape index (κ1) is 21.1. The Balaban J connectivity index is 2.11. The van der Waals surface area contributed by atoms with Crippen LogP contribution >= 0.6 is 23.2 Å². The predicted octanol–water partition coefficient (Wildman–Crippen LogP) is 4.85. The molecule has 0 saturated carbocycles. The van der Waals surface area contributed by atoms with Gasteiger partial charge in [-0.15, -0.1) is 0 Å². The minimum absolute atomic E-state index is 0.00209. The van der Waals surface area contributed by atoms with Crippen molar-refractivity contribution in [3.8, 4) is 5.75 Å². The summed E-state index contributed by atoms with van der Waals surface area (Å²) in [6.07, 6.45) is -0.769. The summed E-state index contributed by atoms with van der Waals surface area (Å²) in [7, 11) is 0. The third-order valence-corrected chi connectivity index (χ3v) is 4.28. The van der Waals surface area contributed by atoms with Crippen LogP contribution in [0.3, 0.4) is 0 Å². The number of hydrogen-bond donors (Lipinski definition) is 2. The van der Waals surface area contributed by atoms with Gasteiger partial charge in [0.05, 0.1) is 10.7 Å². The van der Waals surface area contributed by atoms with Gasteiger partial charge in [0.25, 0.3) is 11.8 Å². The first-order valence-electron chi connectivity index (χ1n) is 8.51. The zero-order chi connectivity index (χ0) is 20.1. The second-order valence-electron chi connectivity index (χ2n) is 6.48. The summed E-state index contributed by atoms with van der Waals surface area (Å²) in [6.45, 7) is 7.22. The lowest BCUT2D eigenvalue weighted by Crippen LogP contribution is -2.31. The number of carbonyl (C=O) groups is 2. The Bertz CT molecular complexity index is 853. The van der Waals surface area contributed by atoms with E-state index in [1.54, 1.807) is 37.3 Å². The molecule has 0 radical (unpaired) electrons. The average molecular weight is 409 g/mol. The molecule has 0 saturated heterocycles. The number of ether oxygens (including phenoxy) is 1. The standard InChI is InChI=1S/C20H22Cl2N2O3/c1-11(2)23-20(26)14-5-7-16(22)17(10-14)24-19(25)13(4)27-18-8-6-15(21)9-12(18)3/h5-11,13H,1-4H3,(H,23,26)(H,24,25). The van der Waals surface area contributed by atoms with Gasteiger partial charge in [-0.3, -0.25) is 9.59 Å². The highest BCUT2D eigenvalue weighted by atomic mass is 35.5. The molecule has 7 heteroatoms. The van der Waals surface area contributed by atoms with Crippen LogP contribution < -0.4 is 15.4 Å². The SMILES string of the molecule is Cc1cc(Cl)ccc1OC(C)C(=O)Nc1cc(C(=O)NC(C)C)ccc1Cl. The quantitative estimate of drug-likeness (QED) is 0.717. The molecule has 144 valence electrons. The summed E-state index contributed by atoms with van der Waals surface area (Å²) < 4.78 is 5.71. The van der Waals surface area contributed by atoms with E-state index in [2.05, 4.69) is 10.6 Å². The summed E-state index contributed by atoms with van der Waals surface area (Å²) in [5.41, 5.74) is 1.58. The highest BCUT2D eigenvalue weighted by Gasteiger charge is 2.18. The number of aryl methyl sites for hydroxylation is 1. The van der Waals surface area contributed by atoms with E-state index < -0.39 is 6.10 Å². The Labute approximate surface area is 169 Å². The van der Waals surface area contributed by atoms with Gasteiger partial charge in [0, 0.05) is 16.6 Å². The Morgan fingerprint density at radius 2 is 1.74 bits per heavy atom. The molecule has 1 atom stereocenters. The molecule has 0 aromatic heterocycles. The molecule has 0 fully saturated rings. The lowest BCUT2D eigenvalue weighted by Gasteiger charge is -2.17. The lowest BCUT2D eigenvalue weighted by atomic mass is 10.1. The average Bonchev–Trinajstić information content (AvgIpc) is 2.58. The fraction of sp³-hybridized carbons (Fsp3) is 0.300. The highest BCUT2D eigenvalue weighted by Crippen LogP contribution is 2.25. The number of rotatable bonds is 6. The zero-order valence-corrected chi connectivity index (χ0v) is 17.1. The van der Waals surface area contributed by atoms with Crippen LogP contribution in [-0.4, -0.2) is 24.0 Å². The van der Waals surface area contributed by atoms with Gasteiger partial charge in [-0.1, -0.05) is 23.2 Å². The summed E-state index contributed by atoms with van der Waals surface area (Å²) in [5.74, 6) is -0.0517. The molecule has 0 bridgehead atoms. The van der Waals surface area contributed by atoms with Crippen molar-refractivity contribution in [3.63, 3.8) is 0 Å². The second kappa shape index (κ2) is 9.11. The van der Waals surface area contributed by atoms with Crippen LogP contribution in [0.1, 0.15) is 36.7 Å². The molecular formula is C20H22Cl2N2O3. The highest BCUT2D eigenvalue weighted by molar-refractivity contribution is 6.34. The van der Waals surface area contributed by atoms with Crippen molar-refractivity contribution in [2.45, 2.75) is 39.8 Å². The first-order valence-corrected chi connectivity index (χ1v) is 9.27. The van der Waals surface area contributed by atoms with Gasteiger partial charge in [0.2, 0.25) is 0 Å². The largest absolute Gasteiger partial charge is 0.481 e. The number of hydrogen-bond acceptors (Lipinski definition) is 3. The third kappa shape index (κ3) is 5.88. The first-order chi connectivity index (χ1) is 12.7. The minimum Gasteiger partial charge on any atom is -0.481 e. The van der Waals surface area contributed by atoms with E-state index in [9.17, 15) is 9.59 Å². The summed E-state index contributed by atoms with van der Waals surface area (Å²) >= 11 is 12.1. The van der Waals surface area contributed by atoms with Crippen LogP contribution in [0.2, 0.25) is 10.0 Å². The molecule has 2 rings (SSSR count). The number of amides is 2. The maximum absolute atomic E-state index is 12.5. The molecule has 0 spiro atoms. The van der Waals surface area contributed by atoms with Crippen molar-refractivity contribution >= 4 is 40.7 Å². The molecule has 2 amide bonds. The molecule has 2 aromatic carbocycles. The fourth-order valence-electron chi connectivity index (χ4n) is 2.33. The van der Waals surface area contributed by atoms with Gasteiger partial charge in [0.15, 0.2) is 6.10 Å². The van der Waals surface area contributed by atoms with Gasteiger partial charge in [-0.2, -0.15) is 0 Å². The Morgan fingerprint density at radius 3 is 2.37 bits per heavy atom. The lowest BCUT2D eigenvalue weighted by molar-refractivity contribution is -0.122. The Morgan fingerprint density at radius 1 is 1.04 bits per heavy atom. The predicted molar refractivity (Wildman–Crippen MR) is 109 cm³/mol. The van der Waals surface area contributed by atoms with Gasteiger partial charge in [-0.05, 0) is 69.7 Å². The van der Waals surface area contributed by atoms with Crippen molar-refractivity contribution in [3.05, 3.63) is 57.6 Å². The Kier molecular flexibility index (Phi) is 7.11. The second-order valence-corrected chi connectivity index (χ2v) is 7.33. The maximum atomic E-state index is 12.5. The van der Waals surface area contributed by atoms with Crippen molar-refractivity contribution < 1.29 is 14.3 Å². The van der Waals surface area contributed by atoms with E-state index in [1.807, 2.05) is 20.8 Å². The van der Waals surface area contributed by atoms with E-state index in [-0.39, 0.29) is 17.9 Å². The van der Waals surface area contributed by atoms with Crippen molar-refractivity contribution in [2.24, 2.45) is 0 Å². The van der Waals surface area contributed by atoms with E-state index >= 15 is 0 Å². The number of nitrogens with one attached hydrogen (secondary N) is 2. The van der Waals surface area contributed by atoms with E-state index in [1.165, 1.54) is 6.07 Å². The number of halogens is 2. The van der Waals surface area contributed by atoms with Gasteiger partial charge in [0.1, 0.15) is 5.75 Å². The monoisotopic (exact) mass is 408 g/mol. The molecule has 5 nitrogen and oxygen atoms in total. The van der Waals surface area contributed by atoms with Crippen molar-refractivity contribution in [2.75, 3.05) is 5.32 Å². The zero-order valence-electron chi connectivity index (χ0n) is 15.6. The number of anilines is 1. The summed E-state index contributed by atoms with van der Waals surface area (Å²) in [4.78, 5) is 24.6.